The molecular weight excluding hydrogens is 441 g/mol. The minimum atomic E-state index is -3.81. The molecule has 0 bridgehead atoms. The molecule has 7 nitrogen and oxygen atoms in total. The Hall–Kier alpha value is -1.72. The van der Waals surface area contributed by atoms with Crippen molar-refractivity contribution in [3.63, 3.8) is 0 Å². The van der Waals surface area contributed by atoms with E-state index in [1.54, 1.807) is 12.1 Å². The molecule has 2 aromatic carbocycles. The maximum atomic E-state index is 13.0. The summed E-state index contributed by atoms with van der Waals surface area (Å²) in [6.45, 7) is 1.28. The monoisotopic (exact) mass is 461 g/mol. The van der Waals surface area contributed by atoms with Crippen LogP contribution in [0.5, 0.6) is 0 Å². The van der Waals surface area contributed by atoms with Gasteiger partial charge in [0, 0.05) is 43.4 Å². The van der Waals surface area contributed by atoms with Crippen LogP contribution in [0, 0.1) is 5.82 Å². The fraction of sp³-hybridized carbons (Fsp3) is 0.333. The van der Waals surface area contributed by atoms with Crippen LogP contribution in [0.3, 0.4) is 0 Å². The van der Waals surface area contributed by atoms with Crippen molar-refractivity contribution in [3.05, 3.63) is 59.4 Å². The van der Waals surface area contributed by atoms with Crippen molar-refractivity contribution >= 4 is 37.3 Å². The van der Waals surface area contributed by atoms with E-state index in [1.807, 2.05) is 4.90 Å². The Labute approximate surface area is 175 Å². The molecular formula is C18H21ClFN3O4S2. The summed E-state index contributed by atoms with van der Waals surface area (Å²) in [7, 11) is -7.42. The van der Waals surface area contributed by atoms with E-state index in [2.05, 4.69) is 4.72 Å². The van der Waals surface area contributed by atoms with Crippen molar-refractivity contribution in [1.29, 1.82) is 0 Å². The summed E-state index contributed by atoms with van der Waals surface area (Å²) in [5.74, 6) is -0.660. The number of benzene rings is 2. The first-order valence-corrected chi connectivity index (χ1v) is 12.4. The number of nitrogens with zero attached hydrogens (tertiary/aromatic N) is 2. The van der Waals surface area contributed by atoms with E-state index in [0.717, 1.165) is 5.69 Å². The first-order chi connectivity index (χ1) is 13.7. The van der Waals surface area contributed by atoms with Crippen molar-refractivity contribution in [2.75, 3.05) is 43.4 Å². The minimum absolute atomic E-state index is 0.0206. The maximum absolute atomic E-state index is 13.0. The van der Waals surface area contributed by atoms with Gasteiger partial charge in [-0.15, -0.1) is 0 Å². The Morgan fingerprint density at radius 2 is 1.48 bits per heavy atom. The zero-order chi connectivity index (χ0) is 21.1. The lowest BCUT2D eigenvalue weighted by molar-refractivity contribution is 0.385. The molecule has 0 unspecified atom stereocenters. The zero-order valence-electron chi connectivity index (χ0n) is 15.5. The summed E-state index contributed by atoms with van der Waals surface area (Å²) in [6.07, 6.45) is 0. The topological polar surface area (TPSA) is 86.8 Å². The summed E-state index contributed by atoms with van der Waals surface area (Å²) >= 11 is 5.75. The summed E-state index contributed by atoms with van der Waals surface area (Å²) in [4.78, 5) is 2.00. The third-order valence-electron chi connectivity index (χ3n) is 4.60. The molecule has 3 rings (SSSR count). The smallest absolute Gasteiger partial charge is 0.240 e. The van der Waals surface area contributed by atoms with E-state index in [0.29, 0.717) is 18.1 Å². The highest BCUT2D eigenvalue weighted by Crippen LogP contribution is 2.18. The molecule has 0 aliphatic carbocycles. The molecule has 1 aliphatic heterocycles. The van der Waals surface area contributed by atoms with Crippen molar-refractivity contribution in [1.82, 2.24) is 9.03 Å². The predicted molar refractivity (Wildman–Crippen MR) is 111 cm³/mol. The van der Waals surface area contributed by atoms with Crippen LogP contribution in [0.25, 0.3) is 0 Å². The van der Waals surface area contributed by atoms with Gasteiger partial charge in [-0.05, 0) is 48.5 Å². The average molecular weight is 462 g/mol. The molecule has 1 aliphatic rings. The second-order valence-electron chi connectivity index (χ2n) is 6.53. The van der Waals surface area contributed by atoms with E-state index in [1.165, 1.54) is 40.7 Å². The molecule has 29 heavy (non-hydrogen) atoms. The molecule has 158 valence electrons. The van der Waals surface area contributed by atoms with Crippen LogP contribution in [0.1, 0.15) is 0 Å². The normalized spacial score (nSPS) is 16.1. The first-order valence-electron chi connectivity index (χ1n) is 8.91. The Morgan fingerprint density at radius 1 is 0.897 bits per heavy atom. The first kappa shape index (κ1) is 22.0. The van der Waals surface area contributed by atoms with Crippen LogP contribution in [-0.2, 0) is 20.0 Å². The molecule has 1 saturated heterocycles. The summed E-state index contributed by atoms with van der Waals surface area (Å²) in [5.41, 5.74) is 0.833. The molecule has 0 amide bonds. The Balaban J connectivity index is 1.52. The van der Waals surface area contributed by atoms with Gasteiger partial charge in [-0.2, -0.15) is 4.31 Å². The maximum Gasteiger partial charge on any atom is 0.240 e. The minimum Gasteiger partial charge on any atom is -0.369 e. The third kappa shape index (κ3) is 5.67. The predicted octanol–water partition coefficient (Wildman–Crippen LogP) is 1.91. The van der Waals surface area contributed by atoms with Gasteiger partial charge >= 0.3 is 0 Å². The number of rotatable bonds is 7. The van der Waals surface area contributed by atoms with E-state index in [-0.39, 0.29) is 36.1 Å². The quantitative estimate of drug-likeness (QED) is 0.680. The van der Waals surface area contributed by atoms with Crippen LogP contribution in [0.2, 0.25) is 5.02 Å². The van der Waals surface area contributed by atoms with Gasteiger partial charge in [0.25, 0.3) is 0 Å². The van der Waals surface area contributed by atoms with Crippen LogP contribution < -0.4 is 9.62 Å². The zero-order valence-corrected chi connectivity index (χ0v) is 17.9. The number of hydrogen-bond acceptors (Lipinski definition) is 5. The number of hydrogen-bond donors (Lipinski definition) is 1. The Bertz CT molecular complexity index is 1040. The van der Waals surface area contributed by atoms with E-state index in [9.17, 15) is 21.2 Å². The highest BCUT2D eigenvalue weighted by atomic mass is 35.5. The van der Waals surface area contributed by atoms with Crippen molar-refractivity contribution in [2.24, 2.45) is 0 Å². The standard InChI is InChI=1S/C18H21ClFN3O4S2/c19-15-1-7-18(8-2-15)29(26,27)21-9-14-28(24,25)23-12-10-22(11-13-23)17-5-3-16(20)4-6-17/h1-8,21H,9-14H2. The number of piperazine rings is 1. The van der Waals surface area contributed by atoms with E-state index in [4.69, 9.17) is 11.6 Å². The van der Waals surface area contributed by atoms with Crippen molar-refractivity contribution < 1.29 is 21.2 Å². The van der Waals surface area contributed by atoms with Gasteiger partial charge in [0.05, 0.1) is 10.6 Å². The second-order valence-corrected chi connectivity index (χ2v) is 10.8. The third-order valence-corrected chi connectivity index (χ3v) is 8.20. The average Bonchev–Trinajstić information content (AvgIpc) is 2.69. The molecule has 0 spiro atoms. The van der Waals surface area contributed by atoms with Gasteiger partial charge in [-0.25, -0.2) is 25.9 Å². The van der Waals surface area contributed by atoms with Crippen molar-refractivity contribution in [3.8, 4) is 0 Å². The van der Waals surface area contributed by atoms with Crippen LogP contribution in [0.4, 0.5) is 10.1 Å². The number of anilines is 1. The molecule has 1 heterocycles. The molecule has 0 saturated carbocycles. The van der Waals surface area contributed by atoms with Gasteiger partial charge in [0.2, 0.25) is 20.0 Å². The largest absolute Gasteiger partial charge is 0.369 e. The molecule has 1 fully saturated rings. The molecule has 0 aromatic heterocycles. The summed E-state index contributed by atoms with van der Waals surface area (Å²) < 4.78 is 66.3. The van der Waals surface area contributed by atoms with Crippen LogP contribution in [0.15, 0.2) is 53.4 Å². The van der Waals surface area contributed by atoms with E-state index >= 15 is 0 Å². The summed E-state index contributed by atoms with van der Waals surface area (Å²) in [6, 6.07) is 11.7. The lowest BCUT2D eigenvalue weighted by Gasteiger charge is -2.35. The fourth-order valence-electron chi connectivity index (χ4n) is 3.01. The number of sulfonamides is 2. The SMILES string of the molecule is O=S(=O)(NCCS(=O)(=O)N1CCN(c2ccc(F)cc2)CC1)c1ccc(Cl)cc1. The Morgan fingerprint density at radius 3 is 2.07 bits per heavy atom. The molecule has 0 radical (unpaired) electrons. The Kier molecular flexibility index (Phi) is 6.79. The fourth-order valence-corrected chi connectivity index (χ4v) is 5.63. The van der Waals surface area contributed by atoms with Crippen LogP contribution >= 0.6 is 11.6 Å². The van der Waals surface area contributed by atoms with Gasteiger partial charge in [0.15, 0.2) is 0 Å². The van der Waals surface area contributed by atoms with Crippen molar-refractivity contribution in [2.45, 2.75) is 4.90 Å². The van der Waals surface area contributed by atoms with Gasteiger partial charge < -0.3 is 4.90 Å². The highest BCUT2D eigenvalue weighted by Gasteiger charge is 2.27. The van der Waals surface area contributed by atoms with Crippen LogP contribution in [-0.4, -0.2) is 59.6 Å². The number of halogens is 2. The van der Waals surface area contributed by atoms with Gasteiger partial charge in [-0.3, -0.25) is 0 Å². The van der Waals surface area contributed by atoms with E-state index < -0.39 is 20.0 Å². The lowest BCUT2D eigenvalue weighted by atomic mass is 10.2. The summed E-state index contributed by atoms with van der Waals surface area (Å²) in [5, 5.41) is 0.409. The van der Waals surface area contributed by atoms with Gasteiger partial charge in [0.1, 0.15) is 5.82 Å². The second kappa shape index (κ2) is 8.97. The molecule has 11 heteroatoms. The molecule has 0 atom stereocenters. The molecule has 2 aromatic rings. The lowest BCUT2D eigenvalue weighted by Crippen LogP contribution is -2.50. The number of nitrogens with one attached hydrogen (secondary N) is 1. The van der Waals surface area contributed by atoms with Gasteiger partial charge in [-0.1, -0.05) is 11.6 Å². The molecule has 1 N–H and O–H groups in total. The highest BCUT2D eigenvalue weighted by molar-refractivity contribution is 7.90.